The maximum absolute atomic E-state index is 13.6. The largest absolute Gasteiger partial charge is 0.486 e. The van der Waals surface area contributed by atoms with Crippen LogP contribution in [-0.2, 0) is 38.4 Å². The van der Waals surface area contributed by atoms with E-state index in [1.54, 1.807) is 23.4 Å². The van der Waals surface area contributed by atoms with Gasteiger partial charge >= 0.3 is 12.1 Å². The first-order chi connectivity index (χ1) is 48.4. The number of imidazole rings is 1. The maximum Gasteiger partial charge on any atom is 0.350 e. The van der Waals surface area contributed by atoms with Crippen LogP contribution in [0.5, 0.6) is 23.0 Å². The highest BCUT2D eigenvalue weighted by molar-refractivity contribution is 9.10. The summed E-state index contributed by atoms with van der Waals surface area (Å²) < 4.78 is 77.3. The highest BCUT2D eigenvalue weighted by atomic mass is 79.9. The van der Waals surface area contributed by atoms with Gasteiger partial charge in [-0.1, -0.05) is 70.1 Å². The number of nitrogens with zero attached hydrogens (tertiary/aromatic N) is 7. The molecular weight excluding hydrogens is 1350 g/mol. The minimum atomic E-state index is -0.685. The second kappa shape index (κ2) is 31.9. The van der Waals surface area contributed by atoms with E-state index in [4.69, 9.17) is 18.9 Å². The number of ether oxygens (including phenoxy) is 4. The normalized spacial score (nSPS) is 18.4. The molecule has 0 radical (unpaired) electrons. The number of carbonyl (C=O) groups excluding carboxylic acids is 6. The molecular formula is C76H70BrF4N9O10. The van der Waals surface area contributed by atoms with Crippen molar-refractivity contribution in [1.29, 1.82) is 0 Å². The molecule has 8 aliphatic heterocycles. The predicted octanol–water partition coefficient (Wildman–Crippen LogP) is 13.7. The standard InChI is InChI=1S/C22H18F2N4O3.C14H14O2.C13H10F2N4O.C13H13NO2.C9H7BrO2.C5H8/c23-16-7-15(8-17(24)9-16)19-3-4-25-28(19)22(30)27-10-14(11-27)5-13-1-2-20-18(6-13)26-21(29)12-31-20;15-13-8-12-7-11(6-10-2-1-3-10)4-5-14(12)16-9-13;14-10-5-9(6-11(15)7-10)12-1-2-17-19(12)13(20)18-4-3-16-8-18;15-12-5-11-4-9(3-10-6-14-7-10)1-2-13(11)16-8-12;10-7-1-2-9-6(3-7)4-8(11)5-12-9;1-5-3-2-4-5/h1-2,4-9,19H,3,10-12H2,(H,26,29);4-7H,1-3,8-9H2;2-8,12H,1H2;1-4,14H,5-8H2;1-3H,4-5H2;1-4H2/t19-;;12-;;;/m0.0.../s1. The molecule has 514 valence electrons. The van der Waals surface area contributed by atoms with Crippen LogP contribution in [0.4, 0.5) is 32.8 Å². The fourth-order valence-corrected chi connectivity index (χ4v) is 12.2. The molecule has 4 fully saturated rings. The monoisotopic (exact) mass is 1420 g/mol. The lowest BCUT2D eigenvalue weighted by Crippen LogP contribution is -2.49. The van der Waals surface area contributed by atoms with Crippen molar-refractivity contribution in [2.75, 3.05) is 57.9 Å². The van der Waals surface area contributed by atoms with Crippen LogP contribution in [0.3, 0.4) is 0 Å². The van der Waals surface area contributed by atoms with Crippen LogP contribution >= 0.6 is 15.9 Å². The van der Waals surface area contributed by atoms with E-state index >= 15 is 0 Å². The zero-order valence-corrected chi connectivity index (χ0v) is 56.0. The van der Waals surface area contributed by atoms with Crippen molar-refractivity contribution < 1.29 is 65.3 Å². The Labute approximate surface area is 582 Å². The molecule has 2 saturated carbocycles. The van der Waals surface area contributed by atoms with E-state index in [0.29, 0.717) is 67.8 Å². The van der Waals surface area contributed by atoms with Gasteiger partial charge in [0, 0.05) is 116 Å². The van der Waals surface area contributed by atoms with E-state index in [0.717, 1.165) is 80.3 Å². The number of rotatable bonds is 5. The quantitative estimate of drug-likeness (QED) is 0.122. The Balaban J connectivity index is 0.000000120. The van der Waals surface area contributed by atoms with Crippen molar-refractivity contribution in [3.8, 4) is 23.0 Å². The molecule has 24 heteroatoms. The van der Waals surface area contributed by atoms with Gasteiger partial charge in [-0.25, -0.2) is 42.2 Å². The van der Waals surface area contributed by atoms with Crippen LogP contribution in [0.2, 0.25) is 0 Å². The SMILES string of the molecule is C=C1CCC1.O=C(N1N=CC[C@H]1c1cc(F)cc(F)c1)n1ccnc1.O=C1COc2ccc(Br)cc2C1.O=C1COc2ccc(C=C3CCC3)cc2C1.O=C1COc2ccc(C=C3CN(C(=O)N4N=CC[C@H]4c4cc(F)cc(F)c4)C3)cc2N1.O=C1COc2ccc(C=C3CNC3)cc2C1. The average Bonchev–Trinajstić information content (AvgIpc) is 1.61. The summed E-state index contributed by atoms with van der Waals surface area (Å²) in [6.45, 7) is 7.24. The molecule has 9 heterocycles. The lowest BCUT2D eigenvalue weighted by molar-refractivity contribution is -0.122. The van der Waals surface area contributed by atoms with E-state index in [9.17, 15) is 46.3 Å². The maximum atomic E-state index is 13.6. The number of aromatic nitrogens is 2. The topological polar surface area (TPSA) is 216 Å². The van der Waals surface area contributed by atoms with Gasteiger partial charge in [-0.15, -0.1) is 0 Å². The van der Waals surface area contributed by atoms with Gasteiger partial charge in [0.15, 0.2) is 24.0 Å². The van der Waals surface area contributed by atoms with E-state index in [2.05, 4.69) is 78.7 Å². The highest BCUT2D eigenvalue weighted by Gasteiger charge is 2.36. The number of fused-ring (bicyclic) bond motifs is 4. The second-order valence-electron chi connectivity index (χ2n) is 25.1. The number of allylic oxidation sites excluding steroid dienone is 2. The van der Waals surface area contributed by atoms with Gasteiger partial charge < -0.3 is 34.5 Å². The number of benzene rings is 6. The Bertz CT molecular complexity index is 4340. The number of carbonyl (C=O) groups is 6. The molecule has 100 heavy (non-hydrogen) atoms. The summed E-state index contributed by atoms with van der Waals surface area (Å²) in [5, 5.41) is 16.5. The van der Waals surface area contributed by atoms with E-state index < -0.39 is 41.4 Å². The van der Waals surface area contributed by atoms with Crippen molar-refractivity contribution >= 4 is 87.6 Å². The number of Topliss-reactive ketones (excluding diaryl/α,β-unsaturated/α-hetero) is 3. The fraction of sp³-hybridized carbons (Fsp3) is 0.276. The van der Waals surface area contributed by atoms with Crippen LogP contribution in [-0.4, -0.2) is 125 Å². The summed E-state index contributed by atoms with van der Waals surface area (Å²) in [6.07, 6.45) is 23.9. The number of likely N-dealkylation sites (tertiary alicyclic amines) is 1. The summed E-state index contributed by atoms with van der Waals surface area (Å²) >= 11 is 3.34. The van der Waals surface area contributed by atoms with Crippen molar-refractivity contribution in [3.05, 3.63) is 229 Å². The van der Waals surface area contributed by atoms with E-state index in [1.165, 1.54) is 118 Å². The number of amides is 4. The molecule has 17 rings (SSSR count). The number of anilines is 1. The summed E-state index contributed by atoms with van der Waals surface area (Å²) in [5.41, 5.74) is 13.0. The molecule has 0 spiro atoms. The molecule has 19 nitrogen and oxygen atoms in total. The van der Waals surface area contributed by atoms with Crippen molar-refractivity contribution in [1.82, 2.24) is 29.8 Å². The molecule has 2 atom stereocenters. The number of urea groups is 1. The van der Waals surface area contributed by atoms with Gasteiger partial charge in [0.05, 0.1) is 17.8 Å². The van der Waals surface area contributed by atoms with Gasteiger partial charge in [-0.2, -0.15) is 10.2 Å². The first kappa shape index (κ1) is 69.3. The fourth-order valence-electron chi connectivity index (χ4n) is 11.8. The molecule has 10 aliphatic rings. The molecule has 2 saturated heterocycles. The summed E-state index contributed by atoms with van der Waals surface area (Å²) in [7, 11) is 0. The zero-order valence-electron chi connectivity index (χ0n) is 54.4. The number of nitrogens with one attached hydrogen (secondary N) is 2. The molecule has 7 aromatic rings. The van der Waals surface area contributed by atoms with Crippen LogP contribution in [0.1, 0.15) is 108 Å². The van der Waals surface area contributed by atoms with E-state index in [1.807, 2.05) is 54.6 Å². The number of hydrogen-bond donors (Lipinski definition) is 2. The second-order valence-corrected chi connectivity index (χ2v) is 26.1. The molecule has 4 amide bonds. The highest BCUT2D eigenvalue weighted by Crippen LogP contribution is 2.36. The molecule has 1 aromatic heterocycles. The Morgan fingerprint density at radius 3 is 1.47 bits per heavy atom. The minimum absolute atomic E-state index is 0.00669. The Morgan fingerprint density at radius 2 is 1.00 bits per heavy atom. The summed E-state index contributed by atoms with van der Waals surface area (Å²) in [6, 6.07) is 28.1. The van der Waals surface area contributed by atoms with Crippen LogP contribution in [0.15, 0.2) is 171 Å². The first-order valence-electron chi connectivity index (χ1n) is 32.7. The van der Waals surface area contributed by atoms with Gasteiger partial charge in [-0.05, 0) is 156 Å². The van der Waals surface area contributed by atoms with E-state index in [-0.39, 0.29) is 55.7 Å². The average molecular weight is 1430 g/mol. The van der Waals surface area contributed by atoms with Gasteiger partial charge in [0.2, 0.25) is 0 Å². The van der Waals surface area contributed by atoms with Gasteiger partial charge in [-0.3, -0.25) is 23.7 Å². The van der Waals surface area contributed by atoms with Crippen molar-refractivity contribution in [2.45, 2.75) is 82.7 Å². The van der Waals surface area contributed by atoms with Crippen LogP contribution in [0, 0.1) is 23.3 Å². The molecule has 0 bridgehead atoms. The van der Waals surface area contributed by atoms with Crippen molar-refractivity contribution in [2.24, 2.45) is 10.2 Å². The molecule has 2 aliphatic carbocycles. The molecule has 0 unspecified atom stereocenters. The van der Waals surface area contributed by atoms with Crippen LogP contribution in [0.25, 0.3) is 18.2 Å². The smallest absolute Gasteiger partial charge is 0.350 e. The molecule has 2 N–H and O–H groups in total. The third-order valence-corrected chi connectivity index (χ3v) is 17.9. The zero-order chi connectivity index (χ0) is 69.8. The Morgan fingerprint density at radius 1 is 0.540 bits per heavy atom. The number of ketones is 3. The van der Waals surface area contributed by atoms with Crippen LogP contribution < -0.4 is 29.6 Å². The lowest BCUT2D eigenvalue weighted by Gasteiger charge is -2.37. The molecule has 6 aromatic carbocycles. The summed E-state index contributed by atoms with van der Waals surface area (Å²) in [4.78, 5) is 75.5. The van der Waals surface area contributed by atoms with Gasteiger partial charge in [0.1, 0.15) is 72.4 Å². The lowest BCUT2D eigenvalue weighted by atomic mass is 9.90. The third kappa shape index (κ3) is 18.0. The van der Waals surface area contributed by atoms with Gasteiger partial charge in [0.25, 0.3) is 5.91 Å². The number of hydrogen-bond acceptors (Lipinski definition) is 14. The third-order valence-electron chi connectivity index (χ3n) is 17.4. The predicted molar refractivity (Wildman–Crippen MR) is 372 cm³/mol. The first-order valence-corrected chi connectivity index (χ1v) is 33.5. The Kier molecular flexibility index (Phi) is 22.1. The van der Waals surface area contributed by atoms with Crippen molar-refractivity contribution in [3.63, 3.8) is 0 Å². The summed E-state index contributed by atoms with van der Waals surface area (Å²) in [5.74, 6) is 0.718. The minimum Gasteiger partial charge on any atom is -0.486 e. The Hall–Kier alpha value is -10.6. The number of halogens is 5. The number of hydrazone groups is 2.